The summed E-state index contributed by atoms with van der Waals surface area (Å²) < 4.78 is 15.2. The zero-order valence-electron chi connectivity index (χ0n) is 10.9. The third-order valence-electron chi connectivity index (χ3n) is 2.32. The van der Waals surface area contributed by atoms with Crippen LogP contribution in [-0.4, -0.2) is 39.5 Å². The summed E-state index contributed by atoms with van der Waals surface area (Å²) in [5, 5.41) is 0. The second kappa shape index (κ2) is 8.53. The fraction of sp³-hybridized carbons (Fsp3) is 0.917. The van der Waals surface area contributed by atoms with Gasteiger partial charge in [0.1, 0.15) is 6.61 Å². The third kappa shape index (κ3) is 6.80. The van der Waals surface area contributed by atoms with Crippen LogP contribution in [0.25, 0.3) is 0 Å². The van der Waals surface area contributed by atoms with Crippen molar-refractivity contribution < 1.29 is 19.0 Å². The van der Waals surface area contributed by atoms with Crippen LogP contribution in [0.1, 0.15) is 33.6 Å². The van der Waals surface area contributed by atoms with E-state index in [4.69, 9.17) is 14.2 Å². The molecule has 0 radical (unpaired) electrons. The van der Waals surface area contributed by atoms with Gasteiger partial charge in [0, 0.05) is 7.11 Å². The van der Waals surface area contributed by atoms with E-state index in [1.54, 1.807) is 7.11 Å². The molecule has 0 saturated heterocycles. The molecule has 16 heavy (non-hydrogen) atoms. The molecule has 0 amide bonds. The van der Waals surface area contributed by atoms with E-state index in [0.717, 1.165) is 12.8 Å². The van der Waals surface area contributed by atoms with Gasteiger partial charge in [0.05, 0.1) is 25.2 Å². The topological polar surface area (TPSA) is 44.8 Å². The summed E-state index contributed by atoms with van der Waals surface area (Å²) in [5.41, 5.74) is -0.388. The van der Waals surface area contributed by atoms with Crippen LogP contribution in [0.3, 0.4) is 0 Å². The van der Waals surface area contributed by atoms with Gasteiger partial charge < -0.3 is 14.2 Å². The van der Waals surface area contributed by atoms with E-state index in [1.807, 2.05) is 13.8 Å². The highest BCUT2D eigenvalue weighted by atomic mass is 16.6. The number of esters is 1. The van der Waals surface area contributed by atoms with Crippen LogP contribution in [0.5, 0.6) is 0 Å². The van der Waals surface area contributed by atoms with Gasteiger partial charge in [0.25, 0.3) is 0 Å². The largest absolute Gasteiger partial charge is 0.463 e. The van der Waals surface area contributed by atoms with Gasteiger partial charge in [-0.25, -0.2) is 0 Å². The van der Waals surface area contributed by atoms with Crippen molar-refractivity contribution in [3.8, 4) is 0 Å². The zero-order chi connectivity index (χ0) is 12.4. The Labute approximate surface area is 98.3 Å². The molecular weight excluding hydrogens is 208 g/mol. The minimum absolute atomic E-state index is 0.148. The molecule has 0 fully saturated rings. The van der Waals surface area contributed by atoms with Crippen LogP contribution in [0.15, 0.2) is 0 Å². The summed E-state index contributed by atoms with van der Waals surface area (Å²) in [6.45, 7) is 7.72. The molecule has 96 valence electrons. The van der Waals surface area contributed by atoms with Crippen molar-refractivity contribution in [1.29, 1.82) is 0 Å². The van der Waals surface area contributed by atoms with Gasteiger partial charge in [-0.2, -0.15) is 0 Å². The van der Waals surface area contributed by atoms with Crippen LogP contribution in [0.4, 0.5) is 0 Å². The fourth-order valence-corrected chi connectivity index (χ4v) is 1.36. The first-order chi connectivity index (χ1) is 7.54. The number of ether oxygens (including phenoxy) is 3. The first-order valence-electron chi connectivity index (χ1n) is 5.78. The molecule has 0 aliphatic carbocycles. The molecule has 4 nitrogen and oxygen atoms in total. The van der Waals surface area contributed by atoms with Crippen LogP contribution in [-0.2, 0) is 19.0 Å². The van der Waals surface area contributed by atoms with Gasteiger partial charge in [-0.15, -0.1) is 0 Å². The fourth-order valence-electron chi connectivity index (χ4n) is 1.36. The maximum Gasteiger partial charge on any atom is 0.311 e. The molecule has 0 aliphatic heterocycles. The lowest BCUT2D eigenvalue weighted by molar-refractivity contribution is -0.156. The molecular formula is C12H24O4. The quantitative estimate of drug-likeness (QED) is 0.450. The smallest absolute Gasteiger partial charge is 0.311 e. The zero-order valence-corrected chi connectivity index (χ0v) is 10.9. The van der Waals surface area contributed by atoms with Crippen molar-refractivity contribution in [3.05, 3.63) is 0 Å². The minimum atomic E-state index is -0.388. The van der Waals surface area contributed by atoms with Gasteiger partial charge in [-0.1, -0.05) is 13.3 Å². The number of rotatable bonds is 9. The summed E-state index contributed by atoms with van der Waals surface area (Å²) in [6, 6.07) is 0. The predicted molar refractivity (Wildman–Crippen MR) is 62.3 cm³/mol. The Balaban J connectivity index is 3.57. The van der Waals surface area contributed by atoms with Crippen molar-refractivity contribution in [2.45, 2.75) is 33.6 Å². The molecule has 0 heterocycles. The Morgan fingerprint density at radius 1 is 1.12 bits per heavy atom. The second-order valence-electron chi connectivity index (χ2n) is 4.37. The monoisotopic (exact) mass is 232 g/mol. The van der Waals surface area contributed by atoms with Crippen molar-refractivity contribution in [2.24, 2.45) is 5.41 Å². The normalized spacial score (nSPS) is 11.5. The van der Waals surface area contributed by atoms with Gasteiger partial charge in [-0.3, -0.25) is 4.79 Å². The lowest BCUT2D eigenvalue weighted by Crippen LogP contribution is -2.27. The Hall–Kier alpha value is -0.610. The standard InChI is InChI=1S/C12H24O4/c1-5-6-12(2,3)11(13)16-10-9-15-8-7-14-4/h5-10H2,1-4H3. The molecule has 0 N–H and O–H groups in total. The van der Waals surface area contributed by atoms with Crippen molar-refractivity contribution in [3.63, 3.8) is 0 Å². The highest BCUT2D eigenvalue weighted by Crippen LogP contribution is 2.23. The van der Waals surface area contributed by atoms with Crippen molar-refractivity contribution in [2.75, 3.05) is 33.5 Å². The van der Waals surface area contributed by atoms with Crippen LogP contribution in [0, 0.1) is 5.41 Å². The molecule has 0 aliphatic rings. The van der Waals surface area contributed by atoms with Crippen molar-refractivity contribution >= 4 is 5.97 Å². The third-order valence-corrected chi connectivity index (χ3v) is 2.32. The lowest BCUT2D eigenvalue weighted by Gasteiger charge is -2.21. The average molecular weight is 232 g/mol. The number of carbonyl (C=O) groups excluding carboxylic acids is 1. The van der Waals surface area contributed by atoms with Crippen LogP contribution < -0.4 is 0 Å². The van der Waals surface area contributed by atoms with E-state index >= 15 is 0 Å². The van der Waals surface area contributed by atoms with Crippen LogP contribution in [0.2, 0.25) is 0 Å². The van der Waals surface area contributed by atoms with E-state index < -0.39 is 0 Å². The first kappa shape index (κ1) is 15.4. The van der Waals surface area contributed by atoms with Gasteiger partial charge in [0.2, 0.25) is 0 Å². The molecule has 0 spiro atoms. The predicted octanol–water partition coefficient (Wildman–Crippen LogP) is 2.02. The van der Waals surface area contributed by atoms with Gasteiger partial charge in [-0.05, 0) is 20.3 Å². The Bertz CT molecular complexity index is 189. The molecule has 4 heteroatoms. The average Bonchev–Trinajstić information content (AvgIpc) is 2.22. The highest BCUT2D eigenvalue weighted by Gasteiger charge is 2.27. The van der Waals surface area contributed by atoms with E-state index in [1.165, 1.54) is 0 Å². The number of hydrogen-bond donors (Lipinski definition) is 0. The maximum atomic E-state index is 11.6. The lowest BCUT2D eigenvalue weighted by atomic mass is 9.88. The SMILES string of the molecule is CCCC(C)(C)C(=O)OCCOCCOC. The molecule has 0 atom stereocenters. The Kier molecular flexibility index (Phi) is 8.21. The van der Waals surface area contributed by atoms with E-state index in [2.05, 4.69) is 6.92 Å². The van der Waals surface area contributed by atoms with E-state index in [9.17, 15) is 4.79 Å². The summed E-state index contributed by atoms with van der Waals surface area (Å²) >= 11 is 0. The maximum absolute atomic E-state index is 11.6. The first-order valence-corrected chi connectivity index (χ1v) is 5.78. The second-order valence-corrected chi connectivity index (χ2v) is 4.37. The Morgan fingerprint density at radius 2 is 1.75 bits per heavy atom. The van der Waals surface area contributed by atoms with Gasteiger partial charge in [0.15, 0.2) is 0 Å². The molecule has 0 bridgehead atoms. The van der Waals surface area contributed by atoms with Crippen molar-refractivity contribution in [1.82, 2.24) is 0 Å². The molecule has 0 unspecified atom stereocenters. The number of hydrogen-bond acceptors (Lipinski definition) is 4. The summed E-state index contributed by atoms with van der Waals surface area (Å²) in [7, 11) is 1.62. The summed E-state index contributed by atoms with van der Waals surface area (Å²) in [4.78, 5) is 11.6. The van der Waals surface area contributed by atoms with E-state index in [0.29, 0.717) is 26.4 Å². The molecule has 0 aromatic carbocycles. The molecule has 0 aromatic rings. The molecule has 0 saturated carbocycles. The van der Waals surface area contributed by atoms with Gasteiger partial charge >= 0.3 is 5.97 Å². The summed E-state index contributed by atoms with van der Waals surface area (Å²) in [5.74, 6) is -0.148. The molecule has 0 aromatic heterocycles. The number of methoxy groups -OCH3 is 1. The van der Waals surface area contributed by atoms with Crippen LogP contribution >= 0.6 is 0 Å². The number of carbonyl (C=O) groups is 1. The van der Waals surface area contributed by atoms with E-state index in [-0.39, 0.29) is 11.4 Å². The summed E-state index contributed by atoms with van der Waals surface area (Å²) in [6.07, 6.45) is 1.82. The Morgan fingerprint density at radius 3 is 2.31 bits per heavy atom. The highest BCUT2D eigenvalue weighted by molar-refractivity contribution is 5.75. The minimum Gasteiger partial charge on any atom is -0.463 e. The molecule has 0 rings (SSSR count).